The zero-order chi connectivity index (χ0) is 71.0. The highest BCUT2D eigenvalue weighted by atomic mass is 16.3. The third kappa shape index (κ3) is 12.4. The highest BCUT2D eigenvalue weighted by molar-refractivity contribution is 5.93. The number of rotatable bonds is 0. The topological polar surface area (TPSA) is 149 Å². The van der Waals surface area contributed by atoms with Crippen molar-refractivity contribution >= 4 is 23.1 Å². The minimum Gasteiger partial charge on any atom is -0.377 e. The van der Waals surface area contributed by atoms with Crippen LogP contribution in [0.3, 0.4) is 0 Å². The van der Waals surface area contributed by atoms with Crippen LogP contribution in [-0.2, 0) is 19.2 Å². The molecule has 12 saturated carbocycles. The molecule has 0 aliphatic heterocycles. The summed E-state index contributed by atoms with van der Waals surface area (Å²) in [5, 5.41) is 45.4. The molecular formula is C92H120O8. The third-order valence-corrected chi connectivity index (χ3v) is 32.3. The summed E-state index contributed by atoms with van der Waals surface area (Å²) >= 11 is 0. The first kappa shape index (κ1) is 73.0. The van der Waals surface area contributed by atoms with Crippen LogP contribution in [0.1, 0.15) is 248 Å². The Labute approximate surface area is 601 Å². The van der Waals surface area contributed by atoms with Gasteiger partial charge < -0.3 is 20.4 Å². The number of carbonyl (C=O) groups is 4. The largest absolute Gasteiger partial charge is 0.377 e. The van der Waals surface area contributed by atoms with E-state index in [4.69, 9.17) is 0 Å². The van der Waals surface area contributed by atoms with Gasteiger partial charge in [0.25, 0.3) is 0 Å². The van der Waals surface area contributed by atoms with Crippen LogP contribution in [0.5, 0.6) is 0 Å². The van der Waals surface area contributed by atoms with Gasteiger partial charge in [-0.3, -0.25) is 19.2 Å². The van der Waals surface area contributed by atoms with Gasteiger partial charge in [0, 0.05) is 47.3 Å². The van der Waals surface area contributed by atoms with Gasteiger partial charge >= 0.3 is 0 Å². The first-order valence-corrected chi connectivity index (χ1v) is 40.1. The van der Waals surface area contributed by atoms with Crippen molar-refractivity contribution in [2.24, 2.45) is 128 Å². The maximum absolute atomic E-state index is 11.9. The molecule has 16 aliphatic carbocycles. The lowest BCUT2D eigenvalue weighted by atomic mass is 9.48. The molecule has 16 aliphatic rings. The van der Waals surface area contributed by atoms with Crippen molar-refractivity contribution in [3.63, 3.8) is 0 Å². The van der Waals surface area contributed by atoms with Crippen molar-refractivity contribution in [1.29, 1.82) is 0 Å². The van der Waals surface area contributed by atoms with Crippen LogP contribution in [0.25, 0.3) is 0 Å². The molecule has 8 nitrogen and oxygen atoms in total. The molecule has 0 saturated heterocycles. The Morgan fingerprint density at radius 2 is 0.650 bits per heavy atom. The van der Waals surface area contributed by atoms with Gasteiger partial charge in [-0.2, -0.15) is 0 Å². The van der Waals surface area contributed by atoms with E-state index in [0.29, 0.717) is 124 Å². The van der Waals surface area contributed by atoms with Crippen LogP contribution in [0.15, 0.2) is 96.2 Å². The van der Waals surface area contributed by atoms with Crippen molar-refractivity contribution < 1.29 is 39.6 Å². The van der Waals surface area contributed by atoms with E-state index in [1.165, 1.54) is 54.4 Å². The molecule has 0 radical (unpaired) electrons. The van der Waals surface area contributed by atoms with E-state index < -0.39 is 22.4 Å². The molecule has 0 aromatic carbocycles. The Kier molecular flexibility index (Phi) is 20.6. The Morgan fingerprint density at radius 1 is 0.360 bits per heavy atom. The molecule has 12 fully saturated rings. The molecule has 8 heteroatoms. The van der Waals surface area contributed by atoms with Crippen molar-refractivity contribution in [3.05, 3.63) is 96.2 Å². The summed E-state index contributed by atoms with van der Waals surface area (Å²) in [4.78, 5) is 47.3. The monoisotopic (exact) mass is 1350 g/mol. The predicted molar refractivity (Wildman–Crippen MR) is 398 cm³/mol. The van der Waals surface area contributed by atoms with Gasteiger partial charge in [-0.25, -0.2) is 0 Å². The molecule has 0 amide bonds. The SMILES string of the molecule is C/C=C/C#C[C@]1(O)CCC2C3C(CC[C@@]21C)C1CCC(=O)C=C1C[C@H]3C.C/C=C/C#C[C@]1(O)CCC2C3CCC4=CC(=O)CCC4C3CC[C@@]21C.C=CC#C[C@]1(O)CCC2C3C(CC[C@@]21C)C1CCC(=O)C=C1C[C@H]3C.C=CC#C[C@]1(O)CCC2C3CCC4=CC(=O)CCC4C3CC[C@@]21C. The summed E-state index contributed by atoms with van der Waals surface area (Å²) in [6.45, 7) is 25.2. The Hall–Kier alpha value is -5.32. The van der Waals surface area contributed by atoms with Gasteiger partial charge in [0.2, 0.25) is 0 Å². The maximum atomic E-state index is 11.9. The van der Waals surface area contributed by atoms with Crippen molar-refractivity contribution in [2.45, 2.75) is 270 Å². The fraction of sp³-hybridized carbons (Fsp3) is 0.696. The minimum absolute atomic E-state index is 0.0749. The van der Waals surface area contributed by atoms with Crippen LogP contribution < -0.4 is 0 Å². The molecular weight excluding hydrogens is 1230 g/mol. The van der Waals surface area contributed by atoms with E-state index in [2.05, 4.69) is 102 Å². The summed E-state index contributed by atoms with van der Waals surface area (Å²) in [5.41, 5.74) is 1.95. The Balaban J connectivity index is 0.000000120. The lowest BCUT2D eigenvalue weighted by Gasteiger charge is -2.56. The quantitative estimate of drug-likeness (QED) is 0.175. The fourth-order valence-corrected chi connectivity index (χ4v) is 27.3. The number of carbonyl (C=O) groups excluding carboxylic acids is 4. The van der Waals surface area contributed by atoms with Gasteiger partial charge in [-0.15, -0.1) is 0 Å². The number of fused-ring (bicyclic) bond motifs is 20. The highest BCUT2D eigenvalue weighted by Gasteiger charge is 2.67. The van der Waals surface area contributed by atoms with E-state index in [-0.39, 0.29) is 21.7 Å². The van der Waals surface area contributed by atoms with Crippen LogP contribution in [0.2, 0.25) is 0 Å². The first-order valence-electron chi connectivity index (χ1n) is 40.1. The normalized spacial score (nSPS) is 47.1. The summed E-state index contributed by atoms with van der Waals surface area (Å²) in [5.74, 6) is 37.5. The molecule has 0 heterocycles. The molecule has 0 bridgehead atoms. The van der Waals surface area contributed by atoms with E-state index in [9.17, 15) is 39.6 Å². The van der Waals surface area contributed by atoms with Crippen LogP contribution in [0, 0.1) is 176 Å². The van der Waals surface area contributed by atoms with E-state index in [1.54, 1.807) is 12.2 Å². The third-order valence-electron chi connectivity index (χ3n) is 32.3. The number of allylic oxidation sites excluding steroid dienone is 10. The fourth-order valence-electron chi connectivity index (χ4n) is 27.3. The minimum atomic E-state index is -0.866. The number of ketones is 4. The van der Waals surface area contributed by atoms with Gasteiger partial charge in [0.1, 0.15) is 22.4 Å². The van der Waals surface area contributed by atoms with E-state index >= 15 is 0 Å². The standard InChI is InChI=1S/C24H32O2.2C23H30O2.C22H28O2/c1-4-5-6-11-24(26)13-10-21-22-16(2)14-17-15-18(25)7-8-19(17)20(22)9-12-23(21,24)3;1-4-5-10-23(25)12-9-20-21-15(2)13-16-14-17(24)6-7-18(16)19(21)8-11-22(20,23)3;1-3-4-5-12-23(25)14-11-21-20-8-6-16-15-17(24)7-9-18(16)19(20)10-13-22(21,23)2;1-3-4-11-22(24)13-10-20-19-7-5-15-14-16(23)6-8-17(15)18(19)9-12-21(20,22)2/h4-5,15-16,19-22,26H,7-10,12-14H2,1-3H3;4,14-15,18-21,25H,1,6-9,11-13H2,2-3H3;3-4,15,18-21,25H,6-11,13-14H2,1-2H3;3,14,17-20,24H,1,5-10,12-13H2,2H3/b5-4+;;4-3+;/t16-,19?,20?,21?,22?,23+,24+;15-,18?,19?,20?,21?,22+,23+;18?,19?,20?,21?,22-,23-;17?,18?,19?,20?,21-,22-/m1100/s1. The van der Waals surface area contributed by atoms with Crippen molar-refractivity contribution in [2.75, 3.05) is 0 Å². The van der Waals surface area contributed by atoms with Crippen LogP contribution in [-0.4, -0.2) is 66.0 Å². The zero-order valence-corrected chi connectivity index (χ0v) is 62.2. The number of hydrogen-bond donors (Lipinski definition) is 4. The first-order chi connectivity index (χ1) is 47.8. The van der Waals surface area contributed by atoms with Crippen LogP contribution >= 0.6 is 0 Å². The molecule has 4 N–H and O–H groups in total. The van der Waals surface area contributed by atoms with E-state index in [1.807, 2.05) is 62.5 Å². The number of aliphatic hydroxyl groups is 4. The maximum Gasteiger partial charge on any atom is 0.155 e. The van der Waals surface area contributed by atoms with Gasteiger partial charge in [0.05, 0.1) is 0 Å². The molecule has 16 rings (SSSR count). The zero-order valence-electron chi connectivity index (χ0n) is 62.2. The number of hydrogen-bond acceptors (Lipinski definition) is 8. The smallest absolute Gasteiger partial charge is 0.155 e. The lowest BCUT2D eigenvalue weighted by molar-refractivity contribution is -0.118. The second-order valence-corrected chi connectivity index (χ2v) is 36.2. The second kappa shape index (κ2) is 28.3. The van der Waals surface area contributed by atoms with Crippen molar-refractivity contribution in [3.8, 4) is 47.4 Å². The average Bonchev–Trinajstić information content (AvgIpc) is 1.52. The molecule has 26 atom stereocenters. The second-order valence-electron chi connectivity index (χ2n) is 36.2. The Bertz CT molecular complexity index is 3730. The lowest BCUT2D eigenvalue weighted by Crippen LogP contribution is -2.54. The summed E-state index contributed by atoms with van der Waals surface area (Å²) in [7, 11) is 0. The molecule has 536 valence electrons. The molecule has 0 aromatic rings. The highest BCUT2D eigenvalue weighted by Crippen LogP contribution is 2.70. The van der Waals surface area contributed by atoms with Crippen LogP contribution in [0.4, 0.5) is 0 Å². The average molecular weight is 1350 g/mol. The van der Waals surface area contributed by atoms with E-state index in [0.717, 1.165) is 166 Å². The molecule has 0 spiro atoms. The molecule has 16 unspecified atom stereocenters. The van der Waals surface area contributed by atoms with Gasteiger partial charge in [-0.1, -0.05) is 137 Å². The molecule has 100 heavy (non-hydrogen) atoms. The van der Waals surface area contributed by atoms with Gasteiger partial charge in [-0.05, 0) is 336 Å². The summed E-state index contributed by atoms with van der Waals surface area (Å²) in [6.07, 6.45) is 48.9. The summed E-state index contributed by atoms with van der Waals surface area (Å²) < 4.78 is 0. The predicted octanol–water partition coefficient (Wildman–Crippen LogP) is 17.5. The summed E-state index contributed by atoms with van der Waals surface area (Å²) in [6, 6.07) is 0. The molecule has 0 aromatic heterocycles. The Morgan fingerprint density at radius 3 is 0.980 bits per heavy atom. The van der Waals surface area contributed by atoms with Crippen molar-refractivity contribution in [1.82, 2.24) is 0 Å². The van der Waals surface area contributed by atoms with Gasteiger partial charge in [0.15, 0.2) is 23.1 Å².